The second-order valence-corrected chi connectivity index (χ2v) is 10.4. The van der Waals surface area contributed by atoms with E-state index in [2.05, 4.69) is 49.5 Å². The van der Waals surface area contributed by atoms with Crippen LogP contribution >= 0.6 is 0 Å². The molecule has 10 nitrogen and oxygen atoms in total. The Hall–Kier alpha value is -5.22. The first kappa shape index (κ1) is 25.7. The standard InChI is InChI=1S/C32H29N7O3/c33-32(40)42-30-7-4-14-38(30)19-25-10-13-29(41-25)22-8-11-27-26(16-22)31(35-20-34-27)37-24-9-12-28-23(15-24)17-36-39(28)18-21-5-2-1-3-6-21/h1-3,5-6,8-13,15-17,20,30H,4,7,14,18-19H2,(H2,33,40)(H,34,35,37)/t30-/m0/s1. The van der Waals surface area contributed by atoms with Crippen LogP contribution in [0.3, 0.4) is 0 Å². The largest absolute Gasteiger partial charge is 0.460 e. The Balaban J connectivity index is 1.11. The minimum absolute atomic E-state index is 0.320. The lowest BCUT2D eigenvalue weighted by molar-refractivity contribution is 0.0108. The maximum absolute atomic E-state index is 11.2. The van der Waals surface area contributed by atoms with Gasteiger partial charge >= 0.3 is 6.09 Å². The average molecular weight is 560 g/mol. The highest BCUT2D eigenvalue weighted by Crippen LogP contribution is 2.31. The number of carbonyl (C=O) groups is 1. The first-order valence-electron chi connectivity index (χ1n) is 13.9. The highest BCUT2D eigenvalue weighted by Gasteiger charge is 2.28. The van der Waals surface area contributed by atoms with Crippen LogP contribution in [-0.4, -0.2) is 43.5 Å². The summed E-state index contributed by atoms with van der Waals surface area (Å²) >= 11 is 0. The molecule has 0 aliphatic carbocycles. The molecule has 0 unspecified atom stereocenters. The van der Waals surface area contributed by atoms with Gasteiger partial charge in [-0.2, -0.15) is 5.10 Å². The molecule has 3 N–H and O–H groups in total. The van der Waals surface area contributed by atoms with Crippen molar-refractivity contribution in [2.24, 2.45) is 5.73 Å². The Morgan fingerprint density at radius 1 is 1.02 bits per heavy atom. The zero-order chi connectivity index (χ0) is 28.5. The van der Waals surface area contributed by atoms with E-state index < -0.39 is 6.09 Å². The van der Waals surface area contributed by atoms with Crippen molar-refractivity contribution < 1.29 is 13.9 Å². The average Bonchev–Trinajstić information content (AvgIpc) is 3.75. The normalized spacial score (nSPS) is 15.4. The third-order valence-corrected chi connectivity index (χ3v) is 7.58. The van der Waals surface area contributed by atoms with E-state index in [0.29, 0.717) is 18.9 Å². The lowest BCUT2D eigenvalue weighted by Gasteiger charge is -2.22. The molecule has 1 saturated heterocycles. The van der Waals surface area contributed by atoms with Gasteiger partial charge in [-0.1, -0.05) is 30.3 Å². The summed E-state index contributed by atoms with van der Waals surface area (Å²) in [5.74, 6) is 2.22. The first-order valence-corrected chi connectivity index (χ1v) is 13.9. The molecule has 1 amide bonds. The number of nitrogens with two attached hydrogens (primary N) is 1. The molecule has 1 aliphatic rings. The van der Waals surface area contributed by atoms with Crippen molar-refractivity contribution in [3.63, 3.8) is 0 Å². The van der Waals surface area contributed by atoms with Gasteiger partial charge in [-0.3, -0.25) is 9.58 Å². The van der Waals surface area contributed by atoms with E-state index in [0.717, 1.165) is 64.0 Å². The second-order valence-electron chi connectivity index (χ2n) is 10.4. The number of hydrogen-bond acceptors (Lipinski definition) is 8. The molecule has 1 atom stereocenters. The zero-order valence-electron chi connectivity index (χ0n) is 22.8. The van der Waals surface area contributed by atoms with Crippen molar-refractivity contribution in [2.75, 3.05) is 11.9 Å². The number of amides is 1. The van der Waals surface area contributed by atoms with Gasteiger partial charge in [-0.05, 0) is 66.9 Å². The van der Waals surface area contributed by atoms with Gasteiger partial charge in [-0.25, -0.2) is 14.8 Å². The molecule has 1 aliphatic heterocycles. The Labute approximate surface area is 241 Å². The van der Waals surface area contributed by atoms with E-state index in [4.69, 9.17) is 14.9 Å². The summed E-state index contributed by atoms with van der Waals surface area (Å²) in [5.41, 5.74) is 10.1. The van der Waals surface area contributed by atoms with Crippen molar-refractivity contribution in [2.45, 2.75) is 32.2 Å². The molecule has 0 radical (unpaired) electrons. The molecule has 210 valence electrons. The lowest BCUT2D eigenvalue weighted by atomic mass is 10.1. The molecule has 3 aromatic carbocycles. The van der Waals surface area contributed by atoms with E-state index in [1.165, 1.54) is 5.56 Å². The highest BCUT2D eigenvalue weighted by molar-refractivity contribution is 5.94. The van der Waals surface area contributed by atoms with Gasteiger partial charge in [0.15, 0.2) is 6.23 Å². The third kappa shape index (κ3) is 5.27. The molecule has 0 spiro atoms. The number of ether oxygens (including phenoxy) is 1. The van der Waals surface area contributed by atoms with Crippen LogP contribution in [-0.2, 0) is 17.8 Å². The smallest absolute Gasteiger partial charge is 0.406 e. The van der Waals surface area contributed by atoms with E-state index in [9.17, 15) is 4.79 Å². The quantitative estimate of drug-likeness (QED) is 0.231. The summed E-state index contributed by atoms with van der Waals surface area (Å²) in [6.07, 6.45) is 4.08. The van der Waals surface area contributed by atoms with Gasteiger partial charge in [0.25, 0.3) is 0 Å². The van der Waals surface area contributed by atoms with Crippen LogP contribution in [0, 0.1) is 0 Å². The highest BCUT2D eigenvalue weighted by atomic mass is 16.6. The number of nitrogens with zero attached hydrogens (tertiary/aromatic N) is 5. The van der Waals surface area contributed by atoms with Gasteiger partial charge in [-0.15, -0.1) is 0 Å². The Morgan fingerprint density at radius 2 is 1.93 bits per heavy atom. The van der Waals surface area contributed by atoms with Crippen molar-refractivity contribution in [1.29, 1.82) is 0 Å². The fraction of sp³-hybridized carbons (Fsp3) is 0.188. The first-order chi connectivity index (χ1) is 20.6. The van der Waals surface area contributed by atoms with Crippen LogP contribution in [0.2, 0.25) is 0 Å². The molecule has 3 aromatic heterocycles. The molecule has 4 heterocycles. The van der Waals surface area contributed by atoms with E-state index >= 15 is 0 Å². The molecule has 6 aromatic rings. The summed E-state index contributed by atoms with van der Waals surface area (Å²) in [7, 11) is 0. The number of hydrogen-bond donors (Lipinski definition) is 2. The predicted molar refractivity (Wildman–Crippen MR) is 160 cm³/mol. The number of primary amides is 1. The molecule has 10 heteroatoms. The maximum atomic E-state index is 11.2. The summed E-state index contributed by atoms with van der Waals surface area (Å²) in [6.45, 7) is 2.06. The van der Waals surface area contributed by atoms with Gasteiger partial charge in [0.2, 0.25) is 0 Å². The van der Waals surface area contributed by atoms with E-state index in [-0.39, 0.29) is 6.23 Å². The van der Waals surface area contributed by atoms with Gasteiger partial charge in [0, 0.05) is 28.6 Å². The van der Waals surface area contributed by atoms with Crippen molar-refractivity contribution in [1.82, 2.24) is 24.6 Å². The summed E-state index contributed by atoms with van der Waals surface area (Å²) < 4.78 is 13.5. The van der Waals surface area contributed by atoms with Crippen LogP contribution in [0.5, 0.6) is 0 Å². The number of fused-ring (bicyclic) bond motifs is 2. The van der Waals surface area contributed by atoms with Crippen LogP contribution < -0.4 is 11.1 Å². The summed E-state index contributed by atoms with van der Waals surface area (Å²) in [6, 6.07) is 26.4. The van der Waals surface area contributed by atoms with Crippen molar-refractivity contribution in [3.05, 3.63) is 103 Å². The number of furan rings is 1. The number of carbonyl (C=O) groups excluding carboxylic acids is 1. The fourth-order valence-electron chi connectivity index (χ4n) is 5.56. The Bertz CT molecular complexity index is 1880. The van der Waals surface area contributed by atoms with Crippen molar-refractivity contribution in [3.8, 4) is 11.3 Å². The van der Waals surface area contributed by atoms with Crippen LogP contribution in [0.15, 0.2) is 95.8 Å². The fourth-order valence-corrected chi connectivity index (χ4v) is 5.56. The number of likely N-dealkylation sites (tertiary alicyclic amines) is 1. The molecular formula is C32H29N7O3. The minimum atomic E-state index is -0.757. The van der Waals surface area contributed by atoms with Crippen LogP contribution in [0.4, 0.5) is 16.3 Å². The SMILES string of the molecule is NC(=O)O[C@H]1CCCN1Cc1ccc(-c2ccc3ncnc(Nc4ccc5c(cnn5Cc5ccccc5)c4)c3c2)o1. The summed E-state index contributed by atoms with van der Waals surface area (Å²) in [5, 5.41) is 10.00. The van der Waals surface area contributed by atoms with Gasteiger partial charge < -0.3 is 20.2 Å². The molecule has 7 rings (SSSR count). The zero-order valence-corrected chi connectivity index (χ0v) is 22.8. The molecule has 0 bridgehead atoms. The number of benzene rings is 3. The lowest BCUT2D eigenvalue weighted by Crippen LogP contribution is -2.34. The number of anilines is 2. The molecule has 42 heavy (non-hydrogen) atoms. The predicted octanol–water partition coefficient (Wildman–Crippen LogP) is 6.05. The maximum Gasteiger partial charge on any atom is 0.406 e. The van der Waals surface area contributed by atoms with E-state index in [1.807, 2.05) is 65.5 Å². The Kier molecular flexibility index (Phi) is 6.73. The number of aromatic nitrogens is 4. The minimum Gasteiger partial charge on any atom is -0.460 e. The van der Waals surface area contributed by atoms with Crippen LogP contribution in [0.1, 0.15) is 24.2 Å². The third-order valence-electron chi connectivity index (χ3n) is 7.58. The number of nitrogens with one attached hydrogen (secondary N) is 1. The van der Waals surface area contributed by atoms with Crippen molar-refractivity contribution >= 4 is 39.4 Å². The van der Waals surface area contributed by atoms with Gasteiger partial charge in [0.1, 0.15) is 23.7 Å². The second kappa shape index (κ2) is 11.0. The number of rotatable bonds is 8. The monoisotopic (exact) mass is 559 g/mol. The van der Waals surface area contributed by atoms with Crippen LogP contribution in [0.25, 0.3) is 33.1 Å². The Morgan fingerprint density at radius 3 is 2.81 bits per heavy atom. The summed E-state index contributed by atoms with van der Waals surface area (Å²) in [4.78, 5) is 22.3. The molecule has 0 saturated carbocycles. The topological polar surface area (TPSA) is 124 Å². The van der Waals surface area contributed by atoms with Gasteiger partial charge in [0.05, 0.1) is 30.3 Å². The molecular weight excluding hydrogens is 530 g/mol. The molecule has 1 fully saturated rings. The van der Waals surface area contributed by atoms with E-state index in [1.54, 1.807) is 6.33 Å².